The molecular weight excluding hydrogens is 206 g/mol. The third kappa shape index (κ3) is 2.39. The topological polar surface area (TPSA) is 66.4 Å². The third-order valence-corrected chi connectivity index (χ3v) is 2.61. The summed E-state index contributed by atoms with van der Waals surface area (Å²) >= 11 is 0. The van der Waals surface area contributed by atoms with Crippen molar-refractivity contribution < 1.29 is 14.7 Å². The van der Waals surface area contributed by atoms with E-state index in [0.29, 0.717) is 5.56 Å². The van der Waals surface area contributed by atoms with Crippen molar-refractivity contribution in [2.45, 2.75) is 18.9 Å². The van der Waals surface area contributed by atoms with E-state index in [9.17, 15) is 9.59 Å². The number of nitrogens with one attached hydrogen (secondary N) is 1. The molecule has 0 saturated heterocycles. The van der Waals surface area contributed by atoms with Crippen LogP contribution in [0.1, 0.15) is 24.4 Å². The summed E-state index contributed by atoms with van der Waals surface area (Å²) in [5, 5.41) is 11.6. The van der Waals surface area contributed by atoms with Crippen molar-refractivity contribution in [1.82, 2.24) is 5.32 Å². The number of hydrogen-bond acceptors (Lipinski definition) is 2. The van der Waals surface area contributed by atoms with E-state index in [1.54, 1.807) is 24.3 Å². The molecule has 4 nitrogen and oxygen atoms in total. The van der Waals surface area contributed by atoms with E-state index < -0.39 is 12.0 Å². The molecule has 0 unspecified atom stereocenters. The van der Waals surface area contributed by atoms with Crippen LogP contribution < -0.4 is 5.32 Å². The largest absolute Gasteiger partial charge is 0.479 e. The summed E-state index contributed by atoms with van der Waals surface area (Å²) in [5.41, 5.74) is 0.601. The molecule has 2 N–H and O–H groups in total. The molecular formula is C12H13NO3. The first-order chi connectivity index (χ1) is 7.68. The molecule has 1 aromatic carbocycles. The molecule has 1 aliphatic rings. The molecule has 0 radical (unpaired) electrons. The van der Waals surface area contributed by atoms with E-state index in [0.717, 1.165) is 12.8 Å². The Kier molecular flexibility index (Phi) is 2.90. The lowest BCUT2D eigenvalue weighted by Gasteiger charge is -2.14. The molecule has 0 heterocycles. The molecule has 4 heteroatoms. The Hall–Kier alpha value is -1.84. The number of carboxylic acid groups (broad SMARTS) is 1. The van der Waals surface area contributed by atoms with Gasteiger partial charge in [0.1, 0.15) is 0 Å². The number of carbonyl (C=O) groups excluding carboxylic acids is 1. The van der Waals surface area contributed by atoms with Crippen molar-refractivity contribution in [2.24, 2.45) is 5.92 Å². The normalized spacial score (nSPS) is 16.5. The fraction of sp³-hybridized carbons (Fsp3) is 0.333. The third-order valence-electron chi connectivity index (χ3n) is 2.61. The molecule has 0 aliphatic heterocycles. The second kappa shape index (κ2) is 4.35. The van der Waals surface area contributed by atoms with Crippen molar-refractivity contribution in [2.75, 3.05) is 0 Å². The first kappa shape index (κ1) is 10.7. The fourth-order valence-electron chi connectivity index (χ4n) is 1.54. The Balaban J connectivity index is 2.11. The summed E-state index contributed by atoms with van der Waals surface area (Å²) in [5.74, 6) is -1.16. The van der Waals surface area contributed by atoms with Crippen LogP contribution in [-0.2, 0) is 9.59 Å². The lowest BCUT2D eigenvalue weighted by atomic mass is 10.1. The Morgan fingerprint density at radius 1 is 1.25 bits per heavy atom. The van der Waals surface area contributed by atoms with Gasteiger partial charge in [0, 0.05) is 5.92 Å². The molecule has 0 spiro atoms. The Bertz CT molecular complexity index is 398. The summed E-state index contributed by atoms with van der Waals surface area (Å²) in [7, 11) is 0. The van der Waals surface area contributed by atoms with E-state index in [1.165, 1.54) is 0 Å². The summed E-state index contributed by atoms with van der Waals surface area (Å²) in [6, 6.07) is 7.79. The number of carbonyl (C=O) groups is 2. The van der Waals surface area contributed by atoms with Crippen LogP contribution in [-0.4, -0.2) is 17.0 Å². The Morgan fingerprint density at radius 2 is 1.88 bits per heavy atom. The van der Waals surface area contributed by atoms with Gasteiger partial charge in [0.25, 0.3) is 0 Å². The van der Waals surface area contributed by atoms with E-state index in [2.05, 4.69) is 5.32 Å². The highest BCUT2D eigenvalue weighted by atomic mass is 16.4. The molecule has 0 bridgehead atoms. The van der Waals surface area contributed by atoms with Gasteiger partial charge in [-0.3, -0.25) is 4.79 Å². The van der Waals surface area contributed by atoms with Crippen LogP contribution >= 0.6 is 0 Å². The molecule has 84 valence electrons. The lowest BCUT2D eigenvalue weighted by Crippen LogP contribution is -2.34. The second-order valence-electron chi connectivity index (χ2n) is 3.96. The Morgan fingerprint density at radius 3 is 2.38 bits per heavy atom. The Labute approximate surface area is 93.3 Å². The van der Waals surface area contributed by atoms with Gasteiger partial charge < -0.3 is 10.4 Å². The second-order valence-corrected chi connectivity index (χ2v) is 3.96. The van der Waals surface area contributed by atoms with Crippen LogP contribution in [0.15, 0.2) is 30.3 Å². The fourth-order valence-corrected chi connectivity index (χ4v) is 1.54. The SMILES string of the molecule is O=C(N[C@@H](C(=O)O)c1ccccc1)C1CC1. The highest BCUT2D eigenvalue weighted by Crippen LogP contribution is 2.29. The van der Waals surface area contributed by atoms with Crippen molar-refractivity contribution in [3.63, 3.8) is 0 Å². The van der Waals surface area contributed by atoms with Crippen LogP contribution in [0.4, 0.5) is 0 Å². The van der Waals surface area contributed by atoms with Crippen LogP contribution in [0.25, 0.3) is 0 Å². The van der Waals surface area contributed by atoms with Gasteiger partial charge in [-0.05, 0) is 18.4 Å². The van der Waals surface area contributed by atoms with E-state index in [-0.39, 0.29) is 11.8 Å². The van der Waals surface area contributed by atoms with Crippen LogP contribution in [0.5, 0.6) is 0 Å². The monoisotopic (exact) mass is 219 g/mol. The number of amides is 1. The molecule has 16 heavy (non-hydrogen) atoms. The first-order valence-electron chi connectivity index (χ1n) is 5.26. The first-order valence-corrected chi connectivity index (χ1v) is 5.26. The van der Waals surface area contributed by atoms with Crippen LogP contribution in [0.2, 0.25) is 0 Å². The standard InChI is InChI=1S/C12H13NO3/c14-11(9-6-7-9)13-10(12(15)16)8-4-2-1-3-5-8/h1-5,9-10H,6-7H2,(H,13,14)(H,15,16)/t10-/m1/s1. The average Bonchev–Trinajstić information content (AvgIpc) is 3.10. The van der Waals surface area contributed by atoms with Crippen molar-refractivity contribution in [3.05, 3.63) is 35.9 Å². The maximum atomic E-state index is 11.5. The number of benzene rings is 1. The molecule has 1 saturated carbocycles. The number of aliphatic carboxylic acids is 1. The van der Waals surface area contributed by atoms with E-state index >= 15 is 0 Å². The summed E-state index contributed by atoms with van der Waals surface area (Å²) < 4.78 is 0. The van der Waals surface area contributed by atoms with Gasteiger partial charge >= 0.3 is 5.97 Å². The molecule has 2 rings (SSSR count). The van der Waals surface area contributed by atoms with Crippen LogP contribution in [0.3, 0.4) is 0 Å². The van der Waals surface area contributed by atoms with Crippen LogP contribution in [0, 0.1) is 5.92 Å². The zero-order valence-electron chi connectivity index (χ0n) is 8.72. The summed E-state index contributed by atoms with van der Waals surface area (Å²) in [6.45, 7) is 0. The van der Waals surface area contributed by atoms with Gasteiger partial charge in [0.05, 0.1) is 0 Å². The maximum absolute atomic E-state index is 11.5. The average molecular weight is 219 g/mol. The maximum Gasteiger partial charge on any atom is 0.330 e. The van der Waals surface area contributed by atoms with Crippen molar-refractivity contribution in [1.29, 1.82) is 0 Å². The molecule has 1 aliphatic carbocycles. The van der Waals surface area contributed by atoms with Gasteiger partial charge in [-0.25, -0.2) is 4.79 Å². The number of hydrogen-bond donors (Lipinski definition) is 2. The van der Waals surface area contributed by atoms with E-state index in [1.807, 2.05) is 6.07 Å². The lowest BCUT2D eigenvalue weighted by molar-refractivity contribution is -0.142. The van der Waals surface area contributed by atoms with Crippen molar-refractivity contribution >= 4 is 11.9 Å². The minimum Gasteiger partial charge on any atom is -0.479 e. The van der Waals surface area contributed by atoms with Gasteiger partial charge in [0.15, 0.2) is 6.04 Å². The van der Waals surface area contributed by atoms with E-state index in [4.69, 9.17) is 5.11 Å². The predicted molar refractivity (Wildman–Crippen MR) is 57.7 cm³/mol. The summed E-state index contributed by atoms with van der Waals surface area (Å²) in [4.78, 5) is 22.6. The van der Waals surface area contributed by atoms with Gasteiger partial charge in [-0.1, -0.05) is 30.3 Å². The zero-order valence-corrected chi connectivity index (χ0v) is 8.72. The van der Waals surface area contributed by atoms with Gasteiger partial charge in [0.2, 0.25) is 5.91 Å². The van der Waals surface area contributed by atoms with Gasteiger partial charge in [-0.15, -0.1) is 0 Å². The number of rotatable bonds is 4. The molecule has 1 atom stereocenters. The molecule has 1 fully saturated rings. The predicted octanol–water partition coefficient (Wildman–Crippen LogP) is 1.34. The van der Waals surface area contributed by atoms with Crippen molar-refractivity contribution in [3.8, 4) is 0 Å². The molecule has 1 amide bonds. The summed E-state index contributed by atoms with van der Waals surface area (Å²) in [6.07, 6.45) is 1.74. The minimum atomic E-state index is -1.03. The highest BCUT2D eigenvalue weighted by molar-refractivity contribution is 5.87. The minimum absolute atomic E-state index is 0.0190. The highest BCUT2D eigenvalue weighted by Gasteiger charge is 2.32. The number of carboxylic acids is 1. The quantitative estimate of drug-likeness (QED) is 0.803. The smallest absolute Gasteiger partial charge is 0.330 e. The van der Waals surface area contributed by atoms with Gasteiger partial charge in [-0.2, -0.15) is 0 Å². The molecule has 1 aromatic rings. The molecule has 0 aromatic heterocycles. The zero-order chi connectivity index (χ0) is 11.5.